The highest BCUT2D eigenvalue weighted by atomic mass is 79.9. The fourth-order valence-corrected chi connectivity index (χ4v) is 6.56. The average Bonchev–Trinajstić information content (AvgIpc) is 3.36. The number of nitrogens with zero attached hydrogens (tertiary/aromatic N) is 7. The van der Waals surface area contributed by atoms with Gasteiger partial charge in [-0.05, 0) is 72.2 Å². The first-order chi connectivity index (χ1) is 20.1. The number of hydrogen-bond acceptors (Lipinski definition) is 8. The standard InChI is InChI=1S/C30H31BrN8O3/c1-5-8-30-10-22(29(42)36-28-16(2)6-7-25(31)35-28)39(24(30)11-30)26(41)15-38-23-14-34-21(19-12-32-18(4)33-13-19)9-20(23)27(37-38)17(3)40/h6-7,9,12-14,22,24H,5,8,10-11,15H2,1-4H3,(H,35,36,42)/t22-,24+,30-/m0/s1. The molecule has 1 saturated carbocycles. The van der Waals surface area contributed by atoms with Gasteiger partial charge in [-0.1, -0.05) is 19.4 Å². The van der Waals surface area contributed by atoms with Crippen molar-refractivity contribution in [3.8, 4) is 11.3 Å². The number of aryl methyl sites for hydroxylation is 2. The molecule has 5 heterocycles. The van der Waals surface area contributed by atoms with Gasteiger partial charge in [0.05, 0.1) is 17.4 Å². The molecule has 0 aromatic carbocycles. The molecule has 216 valence electrons. The first-order valence-corrected chi connectivity index (χ1v) is 14.8. The van der Waals surface area contributed by atoms with Crippen LogP contribution >= 0.6 is 15.9 Å². The van der Waals surface area contributed by atoms with Crippen LogP contribution in [0.5, 0.6) is 0 Å². The molecule has 1 aliphatic carbocycles. The SMILES string of the molecule is CCC[C@@]12C[C@@H](C(=O)Nc3nc(Br)ccc3C)N(C(=O)Cn3nc(C(C)=O)c4cc(-c5cnc(C)nc5)ncc43)[C@@H]1C2. The summed E-state index contributed by atoms with van der Waals surface area (Å²) in [5.41, 5.74) is 2.92. The van der Waals surface area contributed by atoms with Gasteiger partial charge in [-0.25, -0.2) is 15.0 Å². The second kappa shape index (κ2) is 10.6. The number of ketones is 1. The van der Waals surface area contributed by atoms with Crippen LogP contribution in [0.15, 0.2) is 41.4 Å². The molecule has 11 nitrogen and oxygen atoms in total. The van der Waals surface area contributed by atoms with Crippen LogP contribution in [0.1, 0.15) is 61.4 Å². The Bertz CT molecular complexity index is 1740. The van der Waals surface area contributed by atoms with Crippen molar-refractivity contribution in [2.45, 2.75) is 72.0 Å². The fourth-order valence-electron chi connectivity index (χ4n) is 6.25. The molecule has 0 spiro atoms. The molecule has 4 aromatic rings. The van der Waals surface area contributed by atoms with Gasteiger partial charge in [-0.2, -0.15) is 5.10 Å². The molecule has 4 aromatic heterocycles. The van der Waals surface area contributed by atoms with E-state index in [-0.39, 0.29) is 41.3 Å². The van der Waals surface area contributed by atoms with Gasteiger partial charge in [0, 0.05) is 36.3 Å². The third-order valence-corrected chi connectivity index (χ3v) is 8.83. The molecule has 1 aliphatic heterocycles. The van der Waals surface area contributed by atoms with E-state index in [1.165, 1.54) is 11.6 Å². The number of amides is 2. The maximum atomic E-state index is 14.0. The summed E-state index contributed by atoms with van der Waals surface area (Å²) in [5.74, 6) is 0.428. The van der Waals surface area contributed by atoms with Gasteiger partial charge >= 0.3 is 0 Å². The predicted octanol–water partition coefficient (Wildman–Crippen LogP) is 4.66. The van der Waals surface area contributed by atoms with Crippen LogP contribution < -0.4 is 5.32 Å². The Hall–Kier alpha value is -4.06. The molecule has 3 atom stereocenters. The molecule has 1 N–H and O–H groups in total. The zero-order chi connectivity index (χ0) is 29.8. The largest absolute Gasteiger partial charge is 0.325 e. The lowest BCUT2D eigenvalue weighted by atomic mass is 9.94. The molecular formula is C30H31BrN8O3. The van der Waals surface area contributed by atoms with E-state index < -0.39 is 6.04 Å². The smallest absolute Gasteiger partial charge is 0.248 e. The number of piperidine rings is 1. The summed E-state index contributed by atoms with van der Waals surface area (Å²) < 4.78 is 2.14. The van der Waals surface area contributed by atoms with E-state index in [1.54, 1.807) is 36.5 Å². The van der Waals surface area contributed by atoms with E-state index >= 15 is 0 Å². The fraction of sp³-hybridized carbons (Fsp3) is 0.400. The van der Waals surface area contributed by atoms with Crippen molar-refractivity contribution in [1.82, 2.24) is 34.6 Å². The van der Waals surface area contributed by atoms with Crippen molar-refractivity contribution in [2.75, 3.05) is 5.32 Å². The molecule has 6 rings (SSSR count). The quantitative estimate of drug-likeness (QED) is 0.219. The number of halogens is 1. The van der Waals surface area contributed by atoms with E-state index in [2.05, 4.69) is 53.2 Å². The van der Waals surface area contributed by atoms with E-state index in [9.17, 15) is 14.4 Å². The minimum atomic E-state index is -0.622. The van der Waals surface area contributed by atoms with Crippen molar-refractivity contribution in [3.05, 3.63) is 58.5 Å². The molecule has 2 fully saturated rings. The van der Waals surface area contributed by atoms with Crippen molar-refractivity contribution in [3.63, 3.8) is 0 Å². The van der Waals surface area contributed by atoms with Crippen LogP contribution in [0.25, 0.3) is 22.2 Å². The van der Waals surface area contributed by atoms with Crippen molar-refractivity contribution in [2.24, 2.45) is 5.41 Å². The van der Waals surface area contributed by atoms with Gasteiger partial charge in [-0.15, -0.1) is 0 Å². The van der Waals surface area contributed by atoms with E-state index in [1.807, 2.05) is 19.1 Å². The monoisotopic (exact) mass is 630 g/mol. The van der Waals surface area contributed by atoms with Crippen LogP contribution in [0.4, 0.5) is 5.82 Å². The number of hydrogen-bond donors (Lipinski definition) is 1. The third-order valence-electron chi connectivity index (χ3n) is 8.39. The lowest BCUT2D eigenvalue weighted by molar-refractivity contribution is -0.138. The Balaban J connectivity index is 1.30. The highest BCUT2D eigenvalue weighted by Gasteiger charge is 2.66. The van der Waals surface area contributed by atoms with E-state index in [0.717, 1.165) is 24.8 Å². The second-order valence-electron chi connectivity index (χ2n) is 11.3. The molecule has 12 heteroatoms. The van der Waals surface area contributed by atoms with Crippen LogP contribution in [-0.4, -0.2) is 64.3 Å². The summed E-state index contributed by atoms with van der Waals surface area (Å²) in [6.45, 7) is 7.14. The number of rotatable bonds is 8. The molecule has 0 bridgehead atoms. The second-order valence-corrected chi connectivity index (χ2v) is 12.1. The van der Waals surface area contributed by atoms with Crippen molar-refractivity contribution in [1.29, 1.82) is 0 Å². The molecule has 0 unspecified atom stereocenters. The summed E-state index contributed by atoms with van der Waals surface area (Å²) in [7, 11) is 0. The van der Waals surface area contributed by atoms with Gasteiger partial charge in [0.1, 0.15) is 34.5 Å². The topological polar surface area (TPSA) is 136 Å². The molecule has 0 radical (unpaired) electrons. The molecule has 2 amide bonds. The first-order valence-electron chi connectivity index (χ1n) is 14.0. The zero-order valence-electron chi connectivity index (χ0n) is 23.9. The third kappa shape index (κ3) is 4.97. The van der Waals surface area contributed by atoms with E-state index in [0.29, 0.717) is 44.8 Å². The van der Waals surface area contributed by atoms with Gasteiger partial charge in [0.25, 0.3) is 0 Å². The number of carbonyl (C=O) groups is 3. The Morgan fingerprint density at radius 1 is 1.10 bits per heavy atom. The highest BCUT2D eigenvalue weighted by molar-refractivity contribution is 9.10. The minimum Gasteiger partial charge on any atom is -0.325 e. The van der Waals surface area contributed by atoms with Crippen molar-refractivity contribution >= 4 is 50.2 Å². The Morgan fingerprint density at radius 3 is 2.57 bits per heavy atom. The van der Waals surface area contributed by atoms with Crippen LogP contribution in [-0.2, 0) is 16.1 Å². The van der Waals surface area contributed by atoms with Crippen LogP contribution in [0.2, 0.25) is 0 Å². The maximum absolute atomic E-state index is 14.0. The number of nitrogens with one attached hydrogen (secondary N) is 1. The van der Waals surface area contributed by atoms with Crippen molar-refractivity contribution < 1.29 is 14.4 Å². The number of aromatic nitrogens is 6. The minimum absolute atomic E-state index is 0.00219. The lowest BCUT2D eigenvalue weighted by Crippen LogP contribution is -2.47. The summed E-state index contributed by atoms with van der Waals surface area (Å²) in [6, 6.07) is 4.85. The van der Waals surface area contributed by atoms with Gasteiger partial charge in [-0.3, -0.25) is 24.0 Å². The number of anilines is 1. The Kier molecular flexibility index (Phi) is 7.12. The molecule has 2 aliphatic rings. The zero-order valence-corrected chi connectivity index (χ0v) is 25.5. The van der Waals surface area contributed by atoms with Gasteiger partial charge < -0.3 is 10.2 Å². The average molecular weight is 632 g/mol. The first kappa shape index (κ1) is 28.1. The molecule has 1 saturated heterocycles. The number of likely N-dealkylation sites (tertiary alicyclic amines) is 1. The maximum Gasteiger partial charge on any atom is 0.248 e. The number of carbonyl (C=O) groups excluding carboxylic acids is 3. The number of fused-ring (bicyclic) bond motifs is 2. The molecular weight excluding hydrogens is 600 g/mol. The summed E-state index contributed by atoms with van der Waals surface area (Å²) in [4.78, 5) is 59.3. The number of Topliss-reactive ketones (excluding diaryl/α,β-unsaturated/α-hetero) is 1. The Morgan fingerprint density at radius 2 is 1.86 bits per heavy atom. The summed E-state index contributed by atoms with van der Waals surface area (Å²) in [5, 5.41) is 8.08. The van der Waals surface area contributed by atoms with E-state index in [4.69, 9.17) is 0 Å². The normalized spacial score (nSPS) is 20.9. The van der Waals surface area contributed by atoms with Gasteiger partial charge in [0.15, 0.2) is 5.78 Å². The van der Waals surface area contributed by atoms with Crippen LogP contribution in [0.3, 0.4) is 0 Å². The Labute approximate surface area is 251 Å². The highest BCUT2D eigenvalue weighted by Crippen LogP contribution is 2.62. The van der Waals surface area contributed by atoms with Crippen LogP contribution in [0, 0.1) is 19.3 Å². The van der Waals surface area contributed by atoms with Gasteiger partial charge in [0.2, 0.25) is 11.8 Å². The number of pyridine rings is 2. The summed E-state index contributed by atoms with van der Waals surface area (Å²) in [6.07, 6.45) is 8.40. The lowest BCUT2D eigenvalue weighted by Gasteiger charge is -2.27. The predicted molar refractivity (Wildman–Crippen MR) is 160 cm³/mol. The molecule has 42 heavy (non-hydrogen) atoms. The summed E-state index contributed by atoms with van der Waals surface area (Å²) >= 11 is 3.37.